The number of piperidine rings is 1. The highest BCUT2D eigenvalue weighted by atomic mass is 16.4. The Morgan fingerprint density at radius 3 is 2.31 bits per heavy atom. The van der Waals surface area contributed by atoms with Crippen molar-refractivity contribution in [1.29, 1.82) is 0 Å². The molecule has 0 aromatic heterocycles. The van der Waals surface area contributed by atoms with E-state index in [9.17, 15) is 24.9 Å². The van der Waals surface area contributed by atoms with Gasteiger partial charge in [0, 0.05) is 0 Å². The molecule has 5 atom stereocenters. The van der Waals surface area contributed by atoms with Gasteiger partial charge in [-0.1, -0.05) is 0 Å². The number of nitrogens with zero attached hydrogens (tertiary/aromatic N) is 1. The summed E-state index contributed by atoms with van der Waals surface area (Å²) in [6.45, 7) is -0.609. The molecule has 90 valence electrons. The van der Waals surface area contributed by atoms with Crippen LogP contribution in [0.4, 0.5) is 0 Å². The van der Waals surface area contributed by atoms with Gasteiger partial charge in [-0.25, -0.2) is 0 Å². The number of amides is 2. The summed E-state index contributed by atoms with van der Waals surface area (Å²) in [6.07, 6.45) is -5.60. The lowest BCUT2D eigenvalue weighted by atomic mass is 9.92. The molecule has 0 bridgehead atoms. The predicted molar refractivity (Wildman–Crippen MR) is 47.7 cm³/mol. The number of rotatable bonds is 1. The van der Waals surface area contributed by atoms with Gasteiger partial charge in [0.15, 0.2) is 0 Å². The van der Waals surface area contributed by atoms with Crippen LogP contribution in [0.15, 0.2) is 0 Å². The molecule has 2 fully saturated rings. The molecule has 0 saturated carbocycles. The van der Waals surface area contributed by atoms with Crippen LogP contribution in [0.2, 0.25) is 0 Å². The van der Waals surface area contributed by atoms with Crippen molar-refractivity contribution < 1.29 is 30.0 Å². The minimum atomic E-state index is -1.52. The van der Waals surface area contributed by atoms with Gasteiger partial charge < -0.3 is 30.6 Å². The van der Waals surface area contributed by atoms with Crippen LogP contribution < -0.4 is 5.32 Å². The maximum absolute atomic E-state index is 11.4. The summed E-state index contributed by atoms with van der Waals surface area (Å²) in [7, 11) is 0. The summed E-state index contributed by atoms with van der Waals surface area (Å²) in [5.74, 6) is -1.86. The van der Waals surface area contributed by atoms with Crippen LogP contribution in [0.3, 0.4) is 0 Å². The molecule has 8 nitrogen and oxygen atoms in total. The summed E-state index contributed by atoms with van der Waals surface area (Å²) >= 11 is 0. The van der Waals surface area contributed by atoms with Crippen LogP contribution in [0, 0.1) is 0 Å². The zero-order valence-corrected chi connectivity index (χ0v) is 8.15. The van der Waals surface area contributed by atoms with Gasteiger partial charge in [-0.3, -0.25) is 9.59 Å². The monoisotopic (exact) mass is 232 g/mol. The van der Waals surface area contributed by atoms with Gasteiger partial charge in [0.1, 0.15) is 24.5 Å². The smallest absolute Gasteiger partial charge is 0.314 e. The van der Waals surface area contributed by atoms with E-state index < -0.39 is 48.9 Å². The van der Waals surface area contributed by atoms with Crippen molar-refractivity contribution in [1.82, 2.24) is 10.2 Å². The zero-order chi connectivity index (χ0) is 12.0. The van der Waals surface area contributed by atoms with Crippen molar-refractivity contribution in [2.24, 2.45) is 0 Å². The quantitative estimate of drug-likeness (QED) is 0.291. The standard InChI is InChI=1S/C8H12N2O6/c11-1-2-3(12)4(13)5(14)6-9-7(15)8(16)10(2)6/h2-6,11-14H,1H2,(H,9,15)/t2-,3+,4-,5+,6+/m1/s1. The minimum Gasteiger partial charge on any atom is -0.394 e. The van der Waals surface area contributed by atoms with Crippen LogP contribution in [0.5, 0.6) is 0 Å². The van der Waals surface area contributed by atoms with Crippen molar-refractivity contribution in [3.05, 3.63) is 0 Å². The second-order valence-electron chi connectivity index (χ2n) is 3.85. The van der Waals surface area contributed by atoms with E-state index in [1.165, 1.54) is 0 Å². The maximum Gasteiger partial charge on any atom is 0.314 e. The lowest BCUT2D eigenvalue weighted by Crippen LogP contribution is -2.68. The molecule has 2 aliphatic rings. The Bertz CT molecular complexity index is 334. The van der Waals surface area contributed by atoms with Gasteiger partial charge in [0.25, 0.3) is 0 Å². The van der Waals surface area contributed by atoms with E-state index in [4.69, 9.17) is 5.11 Å². The van der Waals surface area contributed by atoms with E-state index in [2.05, 4.69) is 5.32 Å². The SMILES string of the molecule is O=C1N[C@@H]2[C@@H](O)[C@H](O)[C@@H](O)[C@@H](CO)N2C1=O. The average Bonchev–Trinajstić information content (AvgIpc) is 2.55. The number of aliphatic hydroxyl groups is 4. The molecular weight excluding hydrogens is 220 g/mol. The van der Waals surface area contributed by atoms with Gasteiger partial charge in [0.2, 0.25) is 0 Å². The van der Waals surface area contributed by atoms with E-state index in [0.717, 1.165) is 4.90 Å². The van der Waals surface area contributed by atoms with Crippen molar-refractivity contribution in [3.63, 3.8) is 0 Å². The molecule has 0 unspecified atom stereocenters. The van der Waals surface area contributed by atoms with Gasteiger partial charge in [-0.2, -0.15) is 0 Å². The summed E-state index contributed by atoms with van der Waals surface area (Å²) in [5.41, 5.74) is 0. The Morgan fingerprint density at radius 1 is 1.12 bits per heavy atom. The second-order valence-corrected chi connectivity index (χ2v) is 3.85. The number of hydrogen-bond acceptors (Lipinski definition) is 6. The van der Waals surface area contributed by atoms with E-state index >= 15 is 0 Å². The lowest BCUT2D eigenvalue weighted by Gasteiger charge is -2.44. The Balaban J connectivity index is 2.35. The highest BCUT2D eigenvalue weighted by Gasteiger charge is 2.54. The number of aliphatic hydroxyl groups excluding tert-OH is 4. The number of hydrogen-bond donors (Lipinski definition) is 5. The van der Waals surface area contributed by atoms with Gasteiger partial charge in [-0.05, 0) is 0 Å². The van der Waals surface area contributed by atoms with E-state index in [1.54, 1.807) is 0 Å². The van der Waals surface area contributed by atoms with Crippen molar-refractivity contribution in [3.8, 4) is 0 Å². The third-order valence-corrected chi connectivity index (χ3v) is 2.97. The Kier molecular flexibility index (Phi) is 2.58. The molecule has 0 aromatic rings. The molecule has 0 aromatic carbocycles. The molecule has 5 N–H and O–H groups in total. The number of fused-ring (bicyclic) bond motifs is 1. The lowest BCUT2D eigenvalue weighted by molar-refractivity contribution is -0.175. The first-order valence-corrected chi connectivity index (χ1v) is 4.77. The fourth-order valence-electron chi connectivity index (χ4n) is 2.09. The topological polar surface area (TPSA) is 130 Å². The normalized spacial score (nSPS) is 43.2. The maximum atomic E-state index is 11.4. The van der Waals surface area contributed by atoms with Crippen molar-refractivity contribution >= 4 is 11.8 Å². The number of carbonyl (C=O) groups is 2. The fraction of sp³-hybridized carbons (Fsp3) is 0.750. The Labute approximate surface area is 90.1 Å². The number of nitrogens with one attached hydrogen (secondary N) is 1. The summed E-state index contributed by atoms with van der Waals surface area (Å²) < 4.78 is 0. The molecule has 2 aliphatic heterocycles. The van der Waals surface area contributed by atoms with Gasteiger partial charge >= 0.3 is 11.8 Å². The Morgan fingerprint density at radius 2 is 1.75 bits per heavy atom. The molecular formula is C8H12N2O6. The van der Waals surface area contributed by atoms with Crippen LogP contribution >= 0.6 is 0 Å². The molecule has 2 rings (SSSR count). The molecule has 8 heteroatoms. The fourth-order valence-corrected chi connectivity index (χ4v) is 2.09. The molecule has 0 aliphatic carbocycles. The van der Waals surface area contributed by atoms with Crippen LogP contribution in [0.1, 0.15) is 0 Å². The molecule has 2 heterocycles. The first-order chi connectivity index (χ1) is 7.49. The highest BCUT2D eigenvalue weighted by Crippen LogP contribution is 2.26. The summed E-state index contributed by atoms with van der Waals surface area (Å²) in [6, 6.07) is -1.10. The summed E-state index contributed by atoms with van der Waals surface area (Å²) in [5, 5.41) is 39.8. The second kappa shape index (κ2) is 3.67. The third-order valence-electron chi connectivity index (χ3n) is 2.97. The molecule has 0 radical (unpaired) electrons. The van der Waals surface area contributed by atoms with Crippen LogP contribution in [-0.2, 0) is 9.59 Å². The summed E-state index contributed by atoms with van der Waals surface area (Å²) in [4.78, 5) is 23.4. The van der Waals surface area contributed by atoms with Crippen molar-refractivity contribution in [2.45, 2.75) is 30.5 Å². The van der Waals surface area contributed by atoms with Gasteiger partial charge in [0.05, 0.1) is 12.6 Å². The minimum absolute atomic E-state index is 0.609. The van der Waals surface area contributed by atoms with E-state index in [-0.39, 0.29) is 0 Å². The third kappa shape index (κ3) is 1.31. The number of carbonyl (C=O) groups excluding carboxylic acids is 2. The first-order valence-electron chi connectivity index (χ1n) is 4.77. The first kappa shape index (κ1) is 11.3. The van der Waals surface area contributed by atoms with E-state index in [0.29, 0.717) is 0 Å². The molecule has 16 heavy (non-hydrogen) atoms. The van der Waals surface area contributed by atoms with Crippen molar-refractivity contribution in [2.75, 3.05) is 6.61 Å². The van der Waals surface area contributed by atoms with E-state index in [1.807, 2.05) is 0 Å². The van der Waals surface area contributed by atoms with Crippen LogP contribution in [0.25, 0.3) is 0 Å². The molecule has 2 saturated heterocycles. The highest BCUT2D eigenvalue weighted by molar-refractivity contribution is 6.37. The molecule has 2 amide bonds. The Hall–Kier alpha value is -1.22. The largest absolute Gasteiger partial charge is 0.394 e. The average molecular weight is 232 g/mol. The van der Waals surface area contributed by atoms with Gasteiger partial charge in [-0.15, -0.1) is 0 Å². The zero-order valence-electron chi connectivity index (χ0n) is 8.15. The van der Waals surface area contributed by atoms with Crippen LogP contribution in [-0.4, -0.2) is 74.3 Å². The predicted octanol–water partition coefficient (Wildman–Crippen LogP) is -4.27. The molecule has 0 spiro atoms.